The third-order valence-electron chi connectivity index (χ3n) is 2.99. The molecule has 0 fully saturated rings. The molecule has 1 aromatic carbocycles. The normalized spacial score (nSPS) is 11.0. The van der Waals surface area contributed by atoms with Crippen LogP contribution in [0.5, 0.6) is 0 Å². The lowest BCUT2D eigenvalue weighted by atomic mass is 10.1. The first-order valence-electron chi connectivity index (χ1n) is 5.46. The van der Waals surface area contributed by atoms with Crippen molar-refractivity contribution >= 4 is 22.1 Å². The number of nitrogens with zero attached hydrogens (tertiary/aromatic N) is 2. The van der Waals surface area contributed by atoms with Gasteiger partial charge in [0.1, 0.15) is 0 Å². The van der Waals surface area contributed by atoms with Gasteiger partial charge in [0, 0.05) is 36.3 Å². The average Bonchev–Trinajstić information content (AvgIpc) is 2.29. The minimum absolute atomic E-state index is 0.432. The highest BCUT2D eigenvalue weighted by atomic mass is 15.1. The van der Waals surface area contributed by atoms with Crippen LogP contribution in [-0.4, -0.2) is 18.1 Å². The van der Waals surface area contributed by atoms with Gasteiger partial charge in [-0.1, -0.05) is 6.07 Å². The molecule has 0 radical (unpaired) electrons. The Labute approximate surface area is 95.9 Å². The van der Waals surface area contributed by atoms with Crippen molar-refractivity contribution in [1.29, 1.82) is 0 Å². The predicted octanol–water partition coefficient (Wildman–Crippen LogP) is 2.66. The van der Waals surface area contributed by atoms with E-state index in [1.54, 1.807) is 6.20 Å². The van der Waals surface area contributed by atoms with Crippen molar-refractivity contribution < 1.29 is 0 Å². The van der Waals surface area contributed by atoms with Crippen LogP contribution in [0.4, 0.5) is 11.4 Å². The van der Waals surface area contributed by atoms with E-state index < -0.39 is 0 Å². The molecule has 1 aromatic heterocycles. The molecule has 0 aliphatic carbocycles. The Morgan fingerprint density at radius 1 is 1.25 bits per heavy atom. The van der Waals surface area contributed by atoms with E-state index in [-0.39, 0.29) is 0 Å². The number of nitrogen functional groups attached to an aromatic ring is 1. The molecule has 3 nitrogen and oxygen atoms in total. The van der Waals surface area contributed by atoms with Gasteiger partial charge in [0.15, 0.2) is 0 Å². The Hall–Kier alpha value is -1.77. The van der Waals surface area contributed by atoms with Crippen LogP contribution in [0.2, 0.25) is 0 Å². The highest BCUT2D eigenvalue weighted by Crippen LogP contribution is 2.31. The van der Waals surface area contributed by atoms with Crippen LogP contribution in [0, 0.1) is 0 Å². The van der Waals surface area contributed by atoms with E-state index in [0.717, 1.165) is 22.1 Å². The summed E-state index contributed by atoms with van der Waals surface area (Å²) in [7, 11) is 2.06. The van der Waals surface area contributed by atoms with Gasteiger partial charge in [-0.05, 0) is 26.0 Å². The number of fused-ring (bicyclic) bond motifs is 1. The predicted molar refractivity (Wildman–Crippen MR) is 69.7 cm³/mol. The number of benzene rings is 1. The number of hydrogen-bond donors (Lipinski definition) is 1. The fraction of sp³-hybridized carbons (Fsp3) is 0.308. The number of anilines is 2. The van der Waals surface area contributed by atoms with Gasteiger partial charge in [-0.15, -0.1) is 0 Å². The molecule has 1 heterocycles. The number of hydrogen-bond acceptors (Lipinski definition) is 3. The summed E-state index contributed by atoms with van der Waals surface area (Å²) in [6.07, 6.45) is 3.61. The van der Waals surface area contributed by atoms with Crippen LogP contribution in [-0.2, 0) is 0 Å². The maximum atomic E-state index is 6.19. The molecule has 2 N–H and O–H groups in total. The lowest BCUT2D eigenvalue weighted by Crippen LogP contribution is -2.26. The molecule has 0 unspecified atom stereocenters. The van der Waals surface area contributed by atoms with Crippen molar-refractivity contribution in [3.8, 4) is 0 Å². The molecular weight excluding hydrogens is 198 g/mol. The first kappa shape index (κ1) is 10.7. The number of pyridine rings is 1. The van der Waals surface area contributed by atoms with Crippen LogP contribution in [0.15, 0.2) is 30.6 Å². The molecule has 0 atom stereocenters. The van der Waals surface area contributed by atoms with Crippen molar-refractivity contribution in [3.05, 3.63) is 30.6 Å². The van der Waals surface area contributed by atoms with Crippen molar-refractivity contribution in [2.75, 3.05) is 17.7 Å². The van der Waals surface area contributed by atoms with Crippen LogP contribution in [0.3, 0.4) is 0 Å². The van der Waals surface area contributed by atoms with Crippen molar-refractivity contribution in [1.82, 2.24) is 4.98 Å². The van der Waals surface area contributed by atoms with Crippen LogP contribution >= 0.6 is 0 Å². The third kappa shape index (κ3) is 1.69. The van der Waals surface area contributed by atoms with Crippen LogP contribution in [0.1, 0.15) is 13.8 Å². The van der Waals surface area contributed by atoms with Crippen LogP contribution in [0.25, 0.3) is 10.8 Å². The maximum Gasteiger partial charge on any atom is 0.0632 e. The highest BCUT2D eigenvalue weighted by molar-refractivity contribution is 5.98. The van der Waals surface area contributed by atoms with E-state index in [0.29, 0.717) is 6.04 Å². The average molecular weight is 215 g/mol. The van der Waals surface area contributed by atoms with E-state index in [4.69, 9.17) is 5.73 Å². The molecule has 0 aliphatic rings. The monoisotopic (exact) mass is 215 g/mol. The van der Waals surface area contributed by atoms with Gasteiger partial charge in [-0.25, -0.2) is 0 Å². The van der Waals surface area contributed by atoms with Gasteiger partial charge >= 0.3 is 0 Å². The van der Waals surface area contributed by atoms with Gasteiger partial charge in [0.25, 0.3) is 0 Å². The third-order valence-corrected chi connectivity index (χ3v) is 2.99. The van der Waals surface area contributed by atoms with Gasteiger partial charge in [-0.3, -0.25) is 4.98 Å². The second-order valence-electron chi connectivity index (χ2n) is 4.30. The summed E-state index contributed by atoms with van der Waals surface area (Å²) in [4.78, 5) is 6.27. The summed E-state index contributed by atoms with van der Waals surface area (Å²) in [5.41, 5.74) is 8.10. The smallest absolute Gasteiger partial charge is 0.0632 e. The minimum Gasteiger partial charge on any atom is -0.397 e. The first-order chi connectivity index (χ1) is 7.61. The van der Waals surface area contributed by atoms with Crippen molar-refractivity contribution in [3.63, 3.8) is 0 Å². The van der Waals surface area contributed by atoms with Gasteiger partial charge in [-0.2, -0.15) is 0 Å². The summed E-state index contributed by atoms with van der Waals surface area (Å²) in [6, 6.07) is 6.51. The molecule has 84 valence electrons. The zero-order valence-corrected chi connectivity index (χ0v) is 9.94. The largest absolute Gasteiger partial charge is 0.397 e. The topological polar surface area (TPSA) is 42.2 Å². The standard InChI is InChI=1S/C13H17N3/c1-9(2)16(3)12-5-4-10-8-15-7-6-11(10)13(12)14/h4-9H,14H2,1-3H3. The Bertz CT molecular complexity index is 506. The van der Waals surface area contributed by atoms with E-state index in [2.05, 4.69) is 42.9 Å². The summed E-state index contributed by atoms with van der Waals surface area (Å²) in [5.74, 6) is 0. The molecule has 0 spiro atoms. The fourth-order valence-electron chi connectivity index (χ4n) is 1.77. The molecule has 2 aromatic rings. The maximum absolute atomic E-state index is 6.19. The Kier molecular flexibility index (Phi) is 2.69. The number of nitrogens with two attached hydrogens (primary N) is 1. The zero-order valence-electron chi connectivity index (χ0n) is 9.94. The quantitative estimate of drug-likeness (QED) is 0.783. The minimum atomic E-state index is 0.432. The molecule has 16 heavy (non-hydrogen) atoms. The summed E-state index contributed by atoms with van der Waals surface area (Å²) in [5, 5.41) is 2.15. The summed E-state index contributed by atoms with van der Waals surface area (Å²) in [6.45, 7) is 4.30. The molecule has 0 saturated heterocycles. The lowest BCUT2D eigenvalue weighted by molar-refractivity contribution is 0.756. The van der Waals surface area contributed by atoms with Gasteiger partial charge in [0.05, 0.1) is 11.4 Å². The van der Waals surface area contributed by atoms with Gasteiger partial charge in [0.2, 0.25) is 0 Å². The summed E-state index contributed by atoms with van der Waals surface area (Å²) < 4.78 is 0. The first-order valence-corrected chi connectivity index (χ1v) is 5.46. The van der Waals surface area contributed by atoms with E-state index in [1.165, 1.54) is 0 Å². The SMILES string of the molecule is CC(C)N(C)c1ccc2cnccc2c1N. The van der Waals surface area contributed by atoms with Gasteiger partial charge < -0.3 is 10.6 Å². The zero-order chi connectivity index (χ0) is 11.7. The Morgan fingerprint density at radius 2 is 2.00 bits per heavy atom. The molecule has 0 aliphatic heterocycles. The molecule has 0 bridgehead atoms. The Balaban J connectivity index is 2.61. The molecule has 0 saturated carbocycles. The summed E-state index contributed by atoms with van der Waals surface area (Å²) >= 11 is 0. The molecule has 2 rings (SSSR count). The lowest BCUT2D eigenvalue weighted by Gasteiger charge is -2.25. The molecule has 0 amide bonds. The Morgan fingerprint density at radius 3 is 2.69 bits per heavy atom. The molecule has 3 heteroatoms. The molecular formula is C13H17N3. The highest BCUT2D eigenvalue weighted by Gasteiger charge is 2.10. The van der Waals surface area contributed by atoms with E-state index in [9.17, 15) is 0 Å². The van der Waals surface area contributed by atoms with Crippen molar-refractivity contribution in [2.24, 2.45) is 0 Å². The number of rotatable bonds is 2. The van der Waals surface area contributed by atoms with Crippen molar-refractivity contribution in [2.45, 2.75) is 19.9 Å². The second-order valence-corrected chi connectivity index (χ2v) is 4.30. The fourth-order valence-corrected chi connectivity index (χ4v) is 1.77. The van der Waals surface area contributed by atoms with E-state index >= 15 is 0 Å². The van der Waals surface area contributed by atoms with E-state index in [1.807, 2.05) is 12.3 Å². The number of aromatic nitrogens is 1. The second kappa shape index (κ2) is 4.00. The van der Waals surface area contributed by atoms with Crippen LogP contribution < -0.4 is 10.6 Å².